The Labute approximate surface area is 206 Å². The summed E-state index contributed by atoms with van der Waals surface area (Å²) in [6.07, 6.45) is 1.81. The summed E-state index contributed by atoms with van der Waals surface area (Å²) in [4.78, 5) is 17.2. The van der Waals surface area contributed by atoms with Gasteiger partial charge in [-0.05, 0) is 72.4 Å². The fourth-order valence-electron chi connectivity index (χ4n) is 3.99. The van der Waals surface area contributed by atoms with E-state index in [0.717, 1.165) is 42.0 Å². The fraction of sp³-hybridized carbons (Fsp3) is 0.310. The maximum Gasteiger partial charge on any atom is 0.251 e. The number of carbonyl (C=O) groups excluding carboxylic acids is 1. The zero-order valence-corrected chi connectivity index (χ0v) is 20.6. The first-order chi connectivity index (χ1) is 16.8. The van der Waals surface area contributed by atoms with Crippen molar-refractivity contribution in [1.82, 2.24) is 14.9 Å². The number of rotatable bonds is 9. The maximum atomic E-state index is 13.1. The number of fused-ring (bicyclic) bond motifs is 1. The highest BCUT2D eigenvalue weighted by Gasteiger charge is 2.14. The van der Waals surface area contributed by atoms with Gasteiger partial charge in [-0.2, -0.15) is 0 Å². The van der Waals surface area contributed by atoms with Crippen LogP contribution in [-0.4, -0.2) is 22.1 Å². The molecule has 3 aromatic carbocycles. The molecule has 0 aliphatic carbocycles. The summed E-state index contributed by atoms with van der Waals surface area (Å²) in [5.41, 5.74) is 3.77. The van der Waals surface area contributed by atoms with Crippen molar-refractivity contribution in [3.63, 3.8) is 0 Å². The molecule has 35 heavy (non-hydrogen) atoms. The average molecular weight is 474 g/mol. The van der Waals surface area contributed by atoms with Crippen LogP contribution in [0.5, 0.6) is 5.75 Å². The van der Waals surface area contributed by atoms with Gasteiger partial charge in [0.05, 0.1) is 24.2 Å². The Morgan fingerprint density at radius 1 is 0.971 bits per heavy atom. The van der Waals surface area contributed by atoms with Crippen molar-refractivity contribution in [3.05, 3.63) is 95.6 Å². The topological polar surface area (TPSA) is 56.1 Å². The molecule has 0 aliphatic heterocycles. The van der Waals surface area contributed by atoms with E-state index in [4.69, 9.17) is 9.72 Å². The number of nitrogens with zero attached hydrogens (tertiary/aromatic N) is 2. The largest absolute Gasteiger partial charge is 0.494 e. The Bertz CT molecular complexity index is 1270. The summed E-state index contributed by atoms with van der Waals surface area (Å²) in [7, 11) is 0. The summed E-state index contributed by atoms with van der Waals surface area (Å²) in [6, 6.07) is 21.8. The third-order valence-electron chi connectivity index (χ3n) is 6.01. The second-order valence-corrected chi connectivity index (χ2v) is 9.69. The summed E-state index contributed by atoms with van der Waals surface area (Å²) in [5.74, 6) is 1.05. The zero-order valence-electron chi connectivity index (χ0n) is 20.6. The molecule has 0 saturated heterocycles. The minimum Gasteiger partial charge on any atom is -0.494 e. The molecular formula is C29H32FN3O2. The number of halogens is 1. The summed E-state index contributed by atoms with van der Waals surface area (Å²) >= 11 is 0. The van der Waals surface area contributed by atoms with Gasteiger partial charge in [0.25, 0.3) is 5.91 Å². The molecule has 6 heteroatoms. The number of hydrogen-bond donors (Lipinski definition) is 1. The molecule has 1 heterocycles. The van der Waals surface area contributed by atoms with Crippen molar-refractivity contribution in [1.29, 1.82) is 0 Å². The number of para-hydroxylation sites is 2. The Balaban J connectivity index is 1.34. The molecule has 1 aromatic heterocycles. The Morgan fingerprint density at radius 3 is 2.40 bits per heavy atom. The predicted octanol–water partition coefficient (Wildman–Crippen LogP) is 6.26. The van der Waals surface area contributed by atoms with Crippen LogP contribution < -0.4 is 10.1 Å². The normalized spacial score (nSPS) is 11.5. The molecule has 4 aromatic rings. The number of amides is 1. The lowest BCUT2D eigenvalue weighted by Crippen LogP contribution is -2.24. The van der Waals surface area contributed by atoms with Gasteiger partial charge in [0.15, 0.2) is 0 Å². The third kappa shape index (κ3) is 6.27. The quantitative estimate of drug-likeness (QED) is 0.292. The molecule has 5 nitrogen and oxygen atoms in total. The lowest BCUT2D eigenvalue weighted by molar-refractivity contribution is 0.0949. The molecule has 0 atom stereocenters. The monoisotopic (exact) mass is 473 g/mol. The van der Waals surface area contributed by atoms with E-state index in [1.54, 1.807) is 0 Å². The molecule has 0 spiro atoms. The van der Waals surface area contributed by atoms with Crippen LogP contribution in [0.2, 0.25) is 0 Å². The number of hydrogen-bond acceptors (Lipinski definition) is 3. The molecule has 0 radical (unpaired) electrons. The standard InChI is InChI=1S/C29H32FN3O2/c1-29(2,3)22-12-16-24(17-13-22)35-19-7-6-18-33-26-9-5-4-8-25(26)32-27(33)20-31-28(34)21-10-14-23(30)15-11-21/h4-5,8-17H,6-7,18-20H2,1-3H3,(H,31,34). The molecule has 0 fully saturated rings. The molecular weight excluding hydrogens is 441 g/mol. The maximum absolute atomic E-state index is 13.1. The van der Waals surface area contributed by atoms with Crippen molar-refractivity contribution < 1.29 is 13.9 Å². The molecule has 0 aliphatic rings. The van der Waals surface area contributed by atoms with Crippen LogP contribution in [0.1, 0.15) is 55.4 Å². The first-order valence-corrected chi connectivity index (χ1v) is 12.0. The number of unbranched alkanes of at least 4 members (excludes halogenated alkanes) is 1. The van der Waals surface area contributed by atoms with Crippen molar-refractivity contribution in [2.45, 2.75) is 52.1 Å². The van der Waals surface area contributed by atoms with Gasteiger partial charge >= 0.3 is 0 Å². The molecule has 0 bridgehead atoms. The van der Waals surface area contributed by atoms with Gasteiger partial charge in [0.2, 0.25) is 0 Å². The van der Waals surface area contributed by atoms with Crippen LogP contribution in [0.15, 0.2) is 72.8 Å². The van der Waals surface area contributed by atoms with Gasteiger partial charge in [0, 0.05) is 12.1 Å². The van der Waals surface area contributed by atoms with Crippen molar-refractivity contribution in [2.24, 2.45) is 0 Å². The van der Waals surface area contributed by atoms with Crippen LogP contribution in [0.25, 0.3) is 11.0 Å². The summed E-state index contributed by atoms with van der Waals surface area (Å²) < 4.78 is 21.2. The van der Waals surface area contributed by atoms with Crippen LogP contribution >= 0.6 is 0 Å². The van der Waals surface area contributed by atoms with Crippen LogP contribution in [-0.2, 0) is 18.5 Å². The minimum absolute atomic E-state index is 0.127. The number of aryl methyl sites for hydroxylation is 1. The smallest absolute Gasteiger partial charge is 0.251 e. The van der Waals surface area contributed by atoms with Crippen LogP contribution in [0.4, 0.5) is 4.39 Å². The fourth-order valence-corrected chi connectivity index (χ4v) is 3.99. The Hall–Kier alpha value is -3.67. The highest BCUT2D eigenvalue weighted by molar-refractivity contribution is 5.94. The molecule has 0 saturated carbocycles. The van der Waals surface area contributed by atoms with Crippen LogP contribution in [0.3, 0.4) is 0 Å². The van der Waals surface area contributed by atoms with E-state index in [1.165, 1.54) is 29.8 Å². The van der Waals surface area contributed by atoms with E-state index in [0.29, 0.717) is 18.7 Å². The predicted molar refractivity (Wildman–Crippen MR) is 137 cm³/mol. The van der Waals surface area contributed by atoms with Gasteiger partial charge in [-0.3, -0.25) is 4.79 Å². The van der Waals surface area contributed by atoms with E-state index in [-0.39, 0.29) is 17.1 Å². The van der Waals surface area contributed by atoms with Crippen molar-refractivity contribution in [3.8, 4) is 5.75 Å². The third-order valence-corrected chi connectivity index (χ3v) is 6.01. The second-order valence-electron chi connectivity index (χ2n) is 9.69. The minimum atomic E-state index is -0.366. The van der Waals surface area contributed by atoms with E-state index < -0.39 is 0 Å². The summed E-state index contributed by atoms with van der Waals surface area (Å²) in [6.45, 7) is 8.30. The Kier molecular flexibility index (Phi) is 7.49. The van der Waals surface area contributed by atoms with Crippen molar-refractivity contribution in [2.75, 3.05) is 6.61 Å². The summed E-state index contributed by atoms with van der Waals surface area (Å²) in [5, 5.41) is 2.90. The Morgan fingerprint density at radius 2 is 1.69 bits per heavy atom. The first-order valence-electron chi connectivity index (χ1n) is 12.0. The highest BCUT2D eigenvalue weighted by Crippen LogP contribution is 2.24. The number of ether oxygens (including phenoxy) is 1. The number of nitrogens with one attached hydrogen (secondary N) is 1. The van der Waals surface area contributed by atoms with E-state index >= 15 is 0 Å². The molecule has 1 N–H and O–H groups in total. The number of imidazole rings is 1. The lowest BCUT2D eigenvalue weighted by Gasteiger charge is -2.19. The highest BCUT2D eigenvalue weighted by atomic mass is 19.1. The lowest BCUT2D eigenvalue weighted by atomic mass is 9.87. The molecule has 4 rings (SSSR count). The number of benzene rings is 3. The van der Waals surface area contributed by atoms with E-state index in [1.807, 2.05) is 36.4 Å². The number of aromatic nitrogens is 2. The average Bonchev–Trinajstić information content (AvgIpc) is 3.20. The van der Waals surface area contributed by atoms with E-state index in [2.05, 4.69) is 42.8 Å². The SMILES string of the molecule is CC(C)(C)c1ccc(OCCCCn2c(CNC(=O)c3ccc(F)cc3)nc3ccccc32)cc1. The molecule has 1 amide bonds. The molecule has 0 unspecified atom stereocenters. The first kappa shape index (κ1) is 24.5. The van der Waals surface area contributed by atoms with E-state index in [9.17, 15) is 9.18 Å². The molecule has 182 valence electrons. The zero-order chi connectivity index (χ0) is 24.8. The van der Waals surface area contributed by atoms with Gasteiger partial charge < -0.3 is 14.6 Å². The van der Waals surface area contributed by atoms with Gasteiger partial charge in [-0.15, -0.1) is 0 Å². The number of carbonyl (C=O) groups is 1. The van der Waals surface area contributed by atoms with Crippen LogP contribution in [0, 0.1) is 5.82 Å². The second kappa shape index (κ2) is 10.7. The van der Waals surface area contributed by atoms with Crippen molar-refractivity contribution >= 4 is 16.9 Å². The van der Waals surface area contributed by atoms with Gasteiger partial charge in [-0.1, -0.05) is 45.0 Å². The van der Waals surface area contributed by atoms with Gasteiger partial charge in [-0.25, -0.2) is 9.37 Å². The van der Waals surface area contributed by atoms with Gasteiger partial charge in [0.1, 0.15) is 17.4 Å².